The molecule has 0 aliphatic heterocycles. The Bertz CT molecular complexity index is 1060. The second-order valence-electron chi connectivity index (χ2n) is 12.2. The zero-order valence-corrected chi connectivity index (χ0v) is 24.5. The quantitative estimate of drug-likeness (QED) is 0.286. The molecule has 0 aromatic heterocycles. The monoisotopic (exact) mass is 538 g/mol. The molecule has 2 aromatic rings. The van der Waals surface area contributed by atoms with Gasteiger partial charge in [-0.2, -0.15) is 41.5 Å². The fourth-order valence-corrected chi connectivity index (χ4v) is 8.00. The Morgan fingerprint density at radius 2 is 1.54 bits per heavy atom. The van der Waals surface area contributed by atoms with Crippen molar-refractivity contribution in [3.8, 4) is 11.1 Å². The minimum atomic E-state index is 0.564. The molecule has 1 heteroatoms. The van der Waals surface area contributed by atoms with Gasteiger partial charge in [0.25, 0.3) is 0 Å². The number of hydrogen-bond acceptors (Lipinski definition) is 0. The molecule has 4 saturated carbocycles. The SMILES string of the molecule is CC1=[C-]C(C)C=C1CC12CC3CC(CC(C3)C1)C2.C[C](C)=[Zr+2].[c-]1cccc2c1Cc1ccccc1-2. The van der Waals surface area contributed by atoms with Gasteiger partial charge in [-0.3, -0.25) is 6.08 Å². The summed E-state index contributed by atoms with van der Waals surface area (Å²) < 4.78 is 1.51. The van der Waals surface area contributed by atoms with Crippen molar-refractivity contribution in [2.45, 2.75) is 79.1 Å². The Morgan fingerprint density at radius 1 is 0.943 bits per heavy atom. The molecule has 2 aromatic carbocycles. The predicted octanol–water partition coefficient (Wildman–Crippen LogP) is 8.72. The summed E-state index contributed by atoms with van der Waals surface area (Å²) in [6, 6.07) is 18.1. The van der Waals surface area contributed by atoms with Crippen LogP contribution in [0.1, 0.15) is 83.8 Å². The van der Waals surface area contributed by atoms with Crippen molar-refractivity contribution in [1.29, 1.82) is 0 Å². The Kier molecular flexibility index (Phi) is 7.65. The van der Waals surface area contributed by atoms with Crippen molar-refractivity contribution in [1.82, 2.24) is 0 Å². The number of rotatable bonds is 2. The molecular formula is C34H40Zr. The Morgan fingerprint density at radius 3 is 2.14 bits per heavy atom. The number of allylic oxidation sites excluding steroid dienone is 4. The van der Waals surface area contributed by atoms with Gasteiger partial charge in [-0.1, -0.05) is 61.6 Å². The van der Waals surface area contributed by atoms with E-state index in [4.69, 9.17) is 0 Å². The Balaban J connectivity index is 0.000000131. The predicted molar refractivity (Wildman–Crippen MR) is 145 cm³/mol. The minimum Gasteiger partial charge on any atom is -0.179 e. The molecular weight excluding hydrogens is 500 g/mol. The van der Waals surface area contributed by atoms with E-state index in [0.29, 0.717) is 11.3 Å². The van der Waals surface area contributed by atoms with E-state index < -0.39 is 0 Å². The van der Waals surface area contributed by atoms with Crippen LogP contribution < -0.4 is 0 Å². The maximum atomic E-state index is 3.57. The average Bonchev–Trinajstić information content (AvgIpc) is 3.31. The van der Waals surface area contributed by atoms with Crippen molar-refractivity contribution >= 4 is 3.21 Å². The number of hydrogen-bond donors (Lipinski definition) is 0. The van der Waals surface area contributed by atoms with Gasteiger partial charge in [0.15, 0.2) is 0 Å². The van der Waals surface area contributed by atoms with Crippen LogP contribution in [0.3, 0.4) is 0 Å². The third-order valence-corrected chi connectivity index (χ3v) is 8.72. The fraction of sp³-hybridized carbons (Fsp3) is 0.500. The average molecular weight is 540 g/mol. The first kappa shape index (κ1) is 25.3. The van der Waals surface area contributed by atoms with Gasteiger partial charge in [-0.05, 0) is 68.1 Å². The van der Waals surface area contributed by atoms with Gasteiger partial charge in [0, 0.05) is 0 Å². The van der Waals surface area contributed by atoms with E-state index in [9.17, 15) is 0 Å². The molecule has 0 spiro atoms. The molecule has 1 atom stereocenters. The molecule has 0 radical (unpaired) electrons. The van der Waals surface area contributed by atoms with Crippen LogP contribution in [0.4, 0.5) is 0 Å². The van der Waals surface area contributed by atoms with Gasteiger partial charge in [0.1, 0.15) is 0 Å². The van der Waals surface area contributed by atoms with Gasteiger partial charge in [-0.15, -0.1) is 5.56 Å². The second-order valence-corrected chi connectivity index (χ2v) is 14.7. The fourth-order valence-electron chi connectivity index (χ4n) is 8.00. The van der Waals surface area contributed by atoms with Crippen LogP contribution in [-0.4, -0.2) is 3.21 Å². The summed E-state index contributed by atoms with van der Waals surface area (Å²) in [5.41, 5.74) is 9.31. The van der Waals surface area contributed by atoms with Crippen molar-refractivity contribution in [2.75, 3.05) is 0 Å². The summed E-state index contributed by atoms with van der Waals surface area (Å²) in [4.78, 5) is 0. The summed E-state index contributed by atoms with van der Waals surface area (Å²) in [7, 11) is 0. The number of benzene rings is 2. The molecule has 0 heterocycles. The molecule has 35 heavy (non-hydrogen) atoms. The Hall–Kier alpha value is -1.33. The van der Waals surface area contributed by atoms with E-state index in [1.165, 1.54) is 37.5 Å². The molecule has 0 saturated heterocycles. The molecule has 180 valence electrons. The summed E-state index contributed by atoms with van der Waals surface area (Å²) in [5.74, 6) is 3.82. The zero-order valence-electron chi connectivity index (χ0n) is 22.1. The zero-order chi connectivity index (χ0) is 24.6. The Labute approximate surface area is 228 Å². The van der Waals surface area contributed by atoms with E-state index >= 15 is 0 Å². The van der Waals surface area contributed by atoms with E-state index in [0.717, 1.165) is 24.2 Å². The molecule has 0 amide bonds. The van der Waals surface area contributed by atoms with Crippen molar-refractivity contribution < 1.29 is 24.2 Å². The van der Waals surface area contributed by atoms with Crippen LogP contribution >= 0.6 is 0 Å². The maximum absolute atomic E-state index is 3.57. The minimum absolute atomic E-state index is 0.564. The van der Waals surface area contributed by atoms with Crippen LogP contribution in [0.5, 0.6) is 0 Å². The summed E-state index contributed by atoms with van der Waals surface area (Å²) in [6.45, 7) is 8.79. The molecule has 1 unspecified atom stereocenters. The molecule has 8 rings (SSSR count). The van der Waals surface area contributed by atoms with Crippen LogP contribution in [-0.2, 0) is 30.7 Å². The van der Waals surface area contributed by atoms with Gasteiger partial charge in [0.2, 0.25) is 0 Å². The summed E-state index contributed by atoms with van der Waals surface area (Å²) >= 11 is 1.55. The first-order chi connectivity index (χ1) is 16.8. The smallest absolute Gasteiger partial charge is 0.0253 e. The number of fused-ring (bicyclic) bond motifs is 3. The van der Waals surface area contributed by atoms with Crippen molar-refractivity contribution in [3.63, 3.8) is 0 Å². The second kappa shape index (κ2) is 10.6. The molecule has 4 bridgehead atoms. The summed E-state index contributed by atoms with van der Waals surface area (Å²) in [5, 5.41) is 0. The molecule has 0 N–H and O–H groups in total. The van der Waals surface area contributed by atoms with Gasteiger partial charge in [0.05, 0.1) is 0 Å². The normalized spacial score (nSPS) is 30.8. The van der Waals surface area contributed by atoms with Crippen LogP contribution in [0.15, 0.2) is 59.7 Å². The van der Waals surface area contributed by atoms with Crippen LogP contribution in [0.2, 0.25) is 0 Å². The van der Waals surface area contributed by atoms with Crippen LogP contribution in [0, 0.1) is 41.2 Å². The third kappa shape index (κ3) is 5.82. The maximum Gasteiger partial charge on any atom is -0.0253 e. The van der Waals surface area contributed by atoms with Gasteiger partial charge in [-0.25, -0.2) is 5.57 Å². The van der Waals surface area contributed by atoms with E-state index in [1.807, 2.05) is 6.07 Å². The standard InChI is InChI=1S/C18H25.C13H9.C3H6.Zr/c1-12-3-13(2)17(4-12)11-18-8-14-5-15(9-18)7-16(6-14)10-18;1-3-7-12-10(5-1)9-11-6-2-4-8-13(11)12;1-3-2;/h4,12,14-16H,5-11H2,1-2H3;1-5,7-8H,9H2;1-2H3;/q2*-1;;+2. The third-order valence-electron chi connectivity index (χ3n) is 8.72. The summed E-state index contributed by atoms with van der Waals surface area (Å²) in [6.07, 6.45) is 17.8. The molecule has 6 aliphatic rings. The van der Waals surface area contributed by atoms with Crippen molar-refractivity contribution in [3.05, 3.63) is 83.0 Å². The van der Waals surface area contributed by atoms with Gasteiger partial charge < -0.3 is 0 Å². The molecule has 4 fully saturated rings. The van der Waals surface area contributed by atoms with Crippen molar-refractivity contribution in [2.24, 2.45) is 29.1 Å². The van der Waals surface area contributed by atoms with E-state index in [-0.39, 0.29) is 0 Å². The molecule has 0 nitrogen and oxygen atoms in total. The first-order valence-corrected chi connectivity index (χ1v) is 14.9. The first-order valence-electron chi connectivity index (χ1n) is 13.7. The van der Waals surface area contributed by atoms with Crippen LogP contribution in [0.25, 0.3) is 11.1 Å². The molecule has 6 aliphatic carbocycles. The largest absolute Gasteiger partial charge is 0.179 e. The topological polar surface area (TPSA) is 0 Å². The van der Waals surface area contributed by atoms with E-state index in [2.05, 4.69) is 82.3 Å². The van der Waals surface area contributed by atoms with E-state index in [1.54, 1.807) is 68.3 Å². The van der Waals surface area contributed by atoms with Gasteiger partial charge >= 0.3 is 41.3 Å².